The lowest BCUT2D eigenvalue weighted by molar-refractivity contribution is -0.145. The van der Waals surface area contributed by atoms with Crippen LogP contribution < -0.4 is 10.6 Å². The van der Waals surface area contributed by atoms with Crippen LogP contribution in [0.3, 0.4) is 0 Å². The highest BCUT2D eigenvalue weighted by Gasteiger charge is 2.38. The lowest BCUT2D eigenvalue weighted by Gasteiger charge is -2.39. The number of nitrogens with one attached hydrogen (secondary N) is 2. The first-order valence-electron chi connectivity index (χ1n) is 8.07. The van der Waals surface area contributed by atoms with E-state index in [1.165, 1.54) is 6.08 Å². The molecular formula is C17H25N3O4. The second-order valence-electron chi connectivity index (χ2n) is 5.64. The van der Waals surface area contributed by atoms with Crippen molar-refractivity contribution < 1.29 is 19.2 Å². The average Bonchev–Trinajstić information content (AvgIpc) is 2.61. The number of piperidine rings is 1. The monoisotopic (exact) mass is 335 g/mol. The van der Waals surface area contributed by atoms with Crippen LogP contribution in [0, 0.1) is 5.92 Å². The van der Waals surface area contributed by atoms with Gasteiger partial charge in [-0.2, -0.15) is 0 Å². The molecule has 24 heavy (non-hydrogen) atoms. The molecule has 0 spiro atoms. The first-order chi connectivity index (χ1) is 11.6. The third kappa shape index (κ3) is 5.33. The predicted molar refractivity (Wildman–Crippen MR) is 89.9 cm³/mol. The number of amides is 3. The molecule has 7 heteroatoms. The average molecular weight is 335 g/mol. The van der Waals surface area contributed by atoms with E-state index >= 15 is 0 Å². The lowest BCUT2D eigenvalue weighted by atomic mass is 9.84. The number of allylic oxidation sites excluding steroid dienone is 1. The van der Waals surface area contributed by atoms with Gasteiger partial charge in [0.05, 0.1) is 12.5 Å². The molecule has 1 fully saturated rings. The van der Waals surface area contributed by atoms with Gasteiger partial charge in [0.15, 0.2) is 0 Å². The molecule has 0 bridgehead atoms. The Balaban J connectivity index is 2.92. The van der Waals surface area contributed by atoms with Gasteiger partial charge in [0.25, 0.3) is 5.91 Å². The second kappa shape index (κ2) is 10.4. The van der Waals surface area contributed by atoms with Gasteiger partial charge in [-0.3, -0.25) is 19.2 Å². The molecule has 1 saturated heterocycles. The molecule has 2 atom stereocenters. The summed E-state index contributed by atoms with van der Waals surface area (Å²) in [6, 6.07) is -0.361. The maximum absolute atomic E-state index is 12.5. The summed E-state index contributed by atoms with van der Waals surface area (Å²) in [5, 5.41) is 4.83. The van der Waals surface area contributed by atoms with Gasteiger partial charge in [-0.05, 0) is 25.7 Å². The minimum atomic E-state index is -0.675. The third-order valence-corrected chi connectivity index (χ3v) is 4.06. The van der Waals surface area contributed by atoms with Crippen molar-refractivity contribution in [3.8, 4) is 0 Å². The predicted octanol–water partition coefficient (Wildman–Crippen LogP) is 0.177. The zero-order valence-electron chi connectivity index (χ0n) is 13.8. The molecule has 1 aliphatic heterocycles. The molecule has 0 aromatic heterocycles. The summed E-state index contributed by atoms with van der Waals surface area (Å²) in [6.45, 7) is 7.76. The smallest absolute Gasteiger partial charge is 0.288 e. The van der Waals surface area contributed by atoms with Gasteiger partial charge in [0.1, 0.15) is 0 Å². The maximum atomic E-state index is 12.5. The van der Waals surface area contributed by atoms with E-state index in [0.29, 0.717) is 25.8 Å². The Labute approximate surface area is 142 Å². The molecule has 1 aliphatic rings. The summed E-state index contributed by atoms with van der Waals surface area (Å²) >= 11 is 0. The van der Waals surface area contributed by atoms with Gasteiger partial charge in [-0.15, -0.1) is 13.2 Å². The van der Waals surface area contributed by atoms with Crippen LogP contribution in [0.5, 0.6) is 0 Å². The Hall–Kier alpha value is -2.44. The standard InChI is InChI=1S/C17H25N3O4/c1-3-7-13(16(23)17(24)19-9-4-2)14-8-5-6-10-20(14)15(22)11-18-12-21/h3-4,12-14H,1-2,5-11H2,(H,18,21)(H,19,24). The fraction of sp³-hybridized carbons (Fsp3) is 0.529. The van der Waals surface area contributed by atoms with Crippen molar-refractivity contribution in [1.29, 1.82) is 0 Å². The zero-order chi connectivity index (χ0) is 17.9. The van der Waals surface area contributed by atoms with Crippen LogP contribution in [0.4, 0.5) is 0 Å². The van der Waals surface area contributed by atoms with E-state index in [1.54, 1.807) is 11.0 Å². The van der Waals surface area contributed by atoms with E-state index < -0.39 is 17.6 Å². The zero-order valence-corrected chi connectivity index (χ0v) is 13.8. The second-order valence-corrected chi connectivity index (χ2v) is 5.64. The van der Waals surface area contributed by atoms with Crippen LogP contribution in [0.15, 0.2) is 25.3 Å². The molecular weight excluding hydrogens is 310 g/mol. The van der Waals surface area contributed by atoms with Crippen molar-refractivity contribution in [3.63, 3.8) is 0 Å². The van der Waals surface area contributed by atoms with E-state index in [0.717, 1.165) is 12.8 Å². The number of likely N-dealkylation sites (tertiary alicyclic amines) is 1. The van der Waals surface area contributed by atoms with Gasteiger partial charge in [0, 0.05) is 19.1 Å². The molecule has 2 unspecified atom stereocenters. The summed E-state index contributed by atoms with van der Waals surface area (Å²) in [5.74, 6) is -2.11. The number of ketones is 1. The van der Waals surface area contributed by atoms with Gasteiger partial charge in [0.2, 0.25) is 18.1 Å². The number of carbonyl (C=O) groups is 4. The SMILES string of the molecule is C=CCNC(=O)C(=O)C(CC=C)C1CCCCN1C(=O)CNC=O. The Morgan fingerprint density at radius 1 is 1.21 bits per heavy atom. The van der Waals surface area contributed by atoms with Crippen molar-refractivity contribution in [2.75, 3.05) is 19.6 Å². The number of rotatable bonds is 10. The Kier molecular flexibility index (Phi) is 8.46. The van der Waals surface area contributed by atoms with Crippen molar-refractivity contribution in [1.82, 2.24) is 15.5 Å². The highest BCUT2D eigenvalue weighted by molar-refractivity contribution is 6.37. The number of hydrogen-bond acceptors (Lipinski definition) is 4. The molecule has 1 rings (SSSR count). The molecule has 132 valence electrons. The molecule has 7 nitrogen and oxygen atoms in total. The molecule has 0 aromatic carbocycles. The summed E-state index contributed by atoms with van der Waals surface area (Å²) in [4.78, 5) is 48.8. The summed E-state index contributed by atoms with van der Waals surface area (Å²) in [7, 11) is 0. The van der Waals surface area contributed by atoms with Crippen molar-refractivity contribution in [2.45, 2.75) is 31.7 Å². The number of nitrogens with zero attached hydrogens (tertiary/aromatic N) is 1. The van der Waals surface area contributed by atoms with Crippen LogP contribution in [0.25, 0.3) is 0 Å². The highest BCUT2D eigenvalue weighted by atomic mass is 16.2. The fourth-order valence-corrected chi connectivity index (χ4v) is 2.95. The third-order valence-electron chi connectivity index (χ3n) is 4.06. The van der Waals surface area contributed by atoms with Crippen LogP contribution in [-0.4, -0.2) is 54.6 Å². The first-order valence-corrected chi connectivity index (χ1v) is 8.07. The fourth-order valence-electron chi connectivity index (χ4n) is 2.95. The summed E-state index contributed by atoms with van der Waals surface area (Å²) < 4.78 is 0. The first kappa shape index (κ1) is 19.6. The van der Waals surface area contributed by atoms with E-state index in [2.05, 4.69) is 23.8 Å². The molecule has 3 amide bonds. The van der Waals surface area contributed by atoms with Crippen molar-refractivity contribution in [2.24, 2.45) is 5.92 Å². The van der Waals surface area contributed by atoms with Crippen LogP contribution >= 0.6 is 0 Å². The minimum Gasteiger partial charge on any atom is -0.350 e. The summed E-state index contributed by atoms with van der Waals surface area (Å²) in [5.41, 5.74) is 0. The Morgan fingerprint density at radius 2 is 1.96 bits per heavy atom. The number of carbonyl (C=O) groups excluding carboxylic acids is 4. The maximum Gasteiger partial charge on any atom is 0.288 e. The normalized spacial score (nSPS) is 18.2. The molecule has 0 aromatic rings. The molecule has 0 aliphatic carbocycles. The summed E-state index contributed by atoms with van der Waals surface area (Å²) in [6.07, 6.45) is 6.22. The molecule has 0 radical (unpaired) electrons. The van der Waals surface area contributed by atoms with Crippen molar-refractivity contribution >= 4 is 24.0 Å². The van der Waals surface area contributed by atoms with Crippen LogP contribution in [0.1, 0.15) is 25.7 Å². The van der Waals surface area contributed by atoms with Gasteiger partial charge in [-0.25, -0.2) is 0 Å². The van der Waals surface area contributed by atoms with Gasteiger partial charge < -0.3 is 15.5 Å². The number of hydrogen-bond donors (Lipinski definition) is 2. The Bertz CT molecular complexity index is 504. The Morgan fingerprint density at radius 3 is 2.58 bits per heavy atom. The van der Waals surface area contributed by atoms with E-state index in [-0.39, 0.29) is 25.0 Å². The van der Waals surface area contributed by atoms with Gasteiger partial charge >= 0.3 is 0 Å². The largest absolute Gasteiger partial charge is 0.350 e. The van der Waals surface area contributed by atoms with Crippen LogP contribution in [-0.2, 0) is 19.2 Å². The molecule has 2 N–H and O–H groups in total. The highest BCUT2D eigenvalue weighted by Crippen LogP contribution is 2.27. The lowest BCUT2D eigenvalue weighted by Crippen LogP contribution is -2.53. The van der Waals surface area contributed by atoms with E-state index in [9.17, 15) is 19.2 Å². The number of Topliss-reactive ketones (excluding diaryl/α,β-unsaturated/α-hetero) is 1. The van der Waals surface area contributed by atoms with Gasteiger partial charge in [-0.1, -0.05) is 12.2 Å². The molecule has 0 saturated carbocycles. The molecule has 1 heterocycles. The van der Waals surface area contributed by atoms with Crippen LogP contribution in [0.2, 0.25) is 0 Å². The quantitative estimate of drug-likeness (QED) is 0.338. The minimum absolute atomic E-state index is 0.113. The van der Waals surface area contributed by atoms with Crippen molar-refractivity contribution in [3.05, 3.63) is 25.3 Å². The van der Waals surface area contributed by atoms with E-state index in [4.69, 9.17) is 0 Å². The topological polar surface area (TPSA) is 95.6 Å². The van der Waals surface area contributed by atoms with E-state index in [1.807, 2.05) is 0 Å².